The van der Waals surface area contributed by atoms with Crippen LogP contribution in [0.4, 0.5) is 0 Å². The summed E-state index contributed by atoms with van der Waals surface area (Å²) in [5, 5.41) is 16.5. The second-order valence-electron chi connectivity index (χ2n) is 5.60. The maximum absolute atomic E-state index is 12.3. The molecule has 1 aromatic carbocycles. The van der Waals surface area contributed by atoms with Crippen LogP contribution in [-0.4, -0.2) is 32.8 Å². The van der Waals surface area contributed by atoms with Crippen molar-refractivity contribution in [1.82, 2.24) is 15.1 Å². The van der Waals surface area contributed by atoms with Crippen LogP contribution in [0.2, 0.25) is 5.02 Å². The summed E-state index contributed by atoms with van der Waals surface area (Å²) in [7, 11) is 0. The second-order valence-corrected chi connectivity index (χ2v) is 6.03. The summed E-state index contributed by atoms with van der Waals surface area (Å²) < 4.78 is 1.59. The van der Waals surface area contributed by atoms with Crippen LogP contribution in [-0.2, 0) is 4.79 Å². The average Bonchev–Trinajstić information content (AvgIpc) is 2.86. The third-order valence-electron chi connectivity index (χ3n) is 3.39. The minimum Gasteiger partial charge on any atom is -0.480 e. The highest BCUT2D eigenvalue weighted by Gasteiger charge is 2.25. The van der Waals surface area contributed by atoms with Gasteiger partial charge in [0.25, 0.3) is 5.91 Å². The zero-order chi connectivity index (χ0) is 17.1. The largest absolute Gasteiger partial charge is 0.480 e. The fraction of sp³-hybridized carbons (Fsp3) is 0.312. The van der Waals surface area contributed by atoms with E-state index in [4.69, 9.17) is 16.7 Å². The Morgan fingerprint density at radius 1 is 1.30 bits per heavy atom. The molecule has 6 nitrogen and oxygen atoms in total. The molecule has 0 fully saturated rings. The van der Waals surface area contributed by atoms with E-state index in [1.54, 1.807) is 42.8 Å². The van der Waals surface area contributed by atoms with Gasteiger partial charge >= 0.3 is 5.97 Å². The SMILES string of the molecule is Cc1cc(C(=O)N[C@H](C(=O)O)C(C)C)nn1-c1cccc(Cl)c1. The first kappa shape index (κ1) is 17.0. The average molecular weight is 336 g/mol. The molecule has 122 valence electrons. The lowest BCUT2D eigenvalue weighted by molar-refractivity contribution is -0.140. The molecule has 0 aliphatic rings. The molecule has 1 atom stereocenters. The van der Waals surface area contributed by atoms with Crippen molar-refractivity contribution >= 4 is 23.5 Å². The predicted octanol–water partition coefficient (Wildman–Crippen LogP) is 2.67. The highest BCUT2D eigenvalue weighted by Crippen LogP contribution is 2.17. The first-order valence-electron chi connectivity index (χ1n) is 7.16. The van der Waals surface area contributed by atoms with Crippen molar-refractivity contribution in [2.45, 2.75) is 26.8 Å². The van der Waals surface area contributed by atoms with E-state index in [2.05, 4.69) is 10.4 Å². The van der Waals surface area contributed by atoms with Gasteiger partial charge in [-0.3, -0.25) is 4.79 Å². The zero-order valence-electron chi connectivity index (χ0n) is 13.1. The number of carbonyl (C=O) groups is 2. The van der Waals surface area contributed by atoms with Crippen molar-refractivity contribution in [3.8, 4) is 5.69 Å². The summed E-state index contributed by atoms with van der Waals surface area (Å²) in [5.74, 6) is -1.82. The van der Waals surface area contributed by atoms with Gasteiger partial charge in [-0.25, -0.2) is 9.48 Å². The zero-order valence-corrected chi connectivity index (χ0v) is 13.8. The number of aromatic nitrogens is 2. The van der Waals surface area contributed by atoms with Crippen molar-refractivity contribution in [1.29, 1.82) is 0 Å². The van der Waals surface area contributed by atoms with E-state index in [1.165, 1.54) is 0 Å². The Kier molecular flexibility index (Phi) is 5.05. The number of hydrogen-bond acceptors (Lipinski definition) is 3. The van der Waals surface area contributed by atoms with Gasteiger partial charge in [0.15, 0.2) is 5.69 Å². The van der Waals surface area contributed by atoms with Crippen molar-refractivity contribution < 1.29 is 14.7 Å². The summed E-state index contributed by atoms with van der Waals surface area (Å²) in [6, 6.07) is 7.74. The molecule has 1 amide bonds. The van der Waals surface area contributed by atoms with Gasteiger partial charge in [0.05, 0.1) is 5.69 Å². The number of carboxylic acids is 1. The number of carbonyl (C=O) groups excluding carboxylic acids is 1. The van der Waals surface area contributed by atoms with Crippen LogP contribution in [0, 0.1) is 12.8 Å². The molecule has 0 bridgehead atoms. The quantitative estimate of drug-likeness (QED) is 0.879. The summed E-state index contributed by atoms with van der Waals surface area (Å²) >= 11 is 5.97. The molecule has 0 aliphatic heterocycles. The maximum atomic E-state index is 12.3. The number of amides is 1. The van der Waals surface area contributed by atoms with E-state index >= 15 is 0 Å². The molecule has 0 radical (unpaired) electrons. The predicted molar refractivity (Wildman–Crippen MR) is 87.0 cm³/mol. The molecule has 2 rings (SSSR count). The van der Waals surface area contributed by atoms with E-state index in [9.17, 15) is 9.59 Å². The Morgan fingerprint density at radius 2 is 2.00 bits per heavy atom. The van der Waals surface area contributed by atoms with Gasteiger partial charge in [-0.1, -0.05) is 31.5 Å². The van der Waals surface area contributed by atoms with Gasteiger partial charge < -0.3 is 10.4 Å². The van der Waals surface area contributed by atoms with Crippen molar-refractivity contribution in [3.05, 3.63) is 46.7 Å². The summed E-state index contributed by atoms with van der Waals surface area (Å²) in [6.45, 7) is 5.27. The number of rotatable bonds is 5. The van der Waals surface area contributed by atoms with Gasteiger partial charge in [-0.2, -0.15) is 5.10 Å². The molecule has 0 saturated carbocycles. The number of benzene rings is 1. The number of nitrogens with one attached hydrogen (secondary N) is 1. The lowest BCUT2D eigenvalue weighted by Gasteiger charge is -2.16. The topological polar surface area (TPSA) is 84.2 Å². The number of halogens is 1. The highest BCUT2D eigenvalue weighted by atomic mass is 35.5. The smallest absolute Gasteiger partial charge is 0.326 e. The molecule has 1 aromatic heterocycles. The molecule has 0 spiro atoms. The molecule has 23 heavy (non-hydrogen) atoms. The Hall–Kier alpha value is -2.34. The monoisotopic (exact) mass is 335 g/mol. The van der Waals surface area contributed by atoms with Gasteiger partial charge in [0.2, 0.25) is 0 Å². The van der Waals surface area contributed by atoms with E-state index in [1.807, 2.05) is 13.0 Å². The third-order valence-corrected chi connectivity index (χ3v) is 3.63. The number of aliphatic carboxylic acids is 1. The highest BCUT2D eigenvalue weighted by molar-refractivity contribution is 6.30. The van der Waals surface area contributed by atoms with Crippen LogP contribution in [0.25, 0.3) is 5.69 Å². The summed E-state index contributed by atoms with van der Waals surface area (Å²) in [5.41, 5.74) is 1.64. The standard InChI is InChI=1S/C16H18ClN3O3/c1-9(2)14(16(22)23)18-15(21)13-7-10(3)20(19-13)12-6-4-5-11(17)8-12/h4-9,14H,1-3H3,(H,18,21)(H,22,23)/t14-/m0/s1. The minimum atomic E-state index is -1.07. The number of aryl methyl sites for hydroxylation is 1. The fourth-order valence-corrected chi connectivity index (χ4v) is 2.37. The first-order valence-corrected chi connectivity index (χ1v) is 7.53. The summed E-state index contributed by atoms with van der Waals surface area (Å²) in [4.78, 5) is 23.4. The van der Waals surface area contributed by atoms with Gasteiger partial charge in [0, 0.05) is 10.7 Å². The van der Waals surface area contributed by atoms with Crippen LogP contribution < -0.4 is 5.32 Å². The fourth-order valence-electron chi connectivity index (χ4n) is 2.18. The first-order chi connectivity index (χ1) is 10.8. The Bertz CT molecular complexity index is 740. The lowest BCUT2D eigenvalue weighted by atomic mass is 10.0. The van der Waals surface area contributed by atoms with E-state index < -0.39 is 17.9 Å². The Labute approximate surface area is 139 Å². The van der Waals surface area contributed by atoms with E-state index in [0.717, 1.165) is 11.4 Å². The molecule has 2 aromatic rings. The van der Waals surface area contributed by atoms with E-state index in [-0.39, 0.29) is 11.6 Å². The molecule has 0 saturated heterocycles. The van der Waals surface area contributed by atoms with Crippen LogP contribution in [0.5, 0.6) is 0 Å². The number of nitrogens with zero attached hydrogens (tertiary/aromatic N) is 2. The number of hydrogen-bond donors (Lipinski definition) is 2. The number of carboxylic acid groups (broad SMARTS) is 1. The third kappa shape index (κ3) is 3.90. The van der Waals surface area contributed by atoms with Crippen molar-refractivity contribution in [2.24, 2.45) is 5.92 Å². The summed E-state index contributed by atoms with van der Waals surface area (Å²) in [6.07, 6.45) is 0. The van der Waals surface area contributed by atoms with Crippen LogP contribution in [0.3, 0.4) is 0 Å². The molecular weight excluding hydrogens is 318 g/mol. The lowest BCUT2D eigenvalue weighted by Crippen LogP contribution is -2.44. The molecule has 0 aliphatic carbocycles. The molecule has 2 N–H and O–H groups in total. The molecule has 1 heterocycles. The van der Waals surface area contributed by atoms with Crippen LogP contribution >= 0.6 is 11.6 Å². The maximum Gasteiger partial charge on any atom is 0.326 e. The van der Waals surface area contributed by atoms with Crippen LogP contribution in [0.15, 0.2) is 30.3 Å². The van der Waals surface area contributed by atoms with E-state index in [0.29, 0.717) is 5.02 Å². The van der Waals surface area contributed by atoms with Crippen LogP contribution in [0.1, 0.15) is 30.0 Å². The van der Waals surface area contributed by atoms with Crippen molar-refractivity contribution in [3.63, 3.8) is 0 Å². The van der Waals surface area contributed by atoms with Gasteiger partial charge in [-0.05, 0) is 37.1 Å². The Balaban J connectivity index is 2.27. The molecular formula is C16H18ClN3O3. The van der Waals surface area contributed by atoms with Crippen molar-refractivity contribution in [2.75, 3.05) is 0 Å². The Morgan fingerprint density at radius 3 is 2.57 bits per heavy atom. The van der Waals surface area contributed by atoms with Gasteiger partial charge in [-0.15, -0.1) is 0 Å². The van der Waals surface area contributed by atoms with Gasteiger partial charge in [0.1, 0.15) is 6.04 Å². The molecule has 7 heteroatoms. The normalized spacial score (nSPS) is 12.2. The minimum absolute atomic E-state index is 0.161. The molecule has 0 unspecified atom stereocenters. The second kappa shape index (κ2) is 6.83.